The third-order valence-corrected chi connectivity index (χ3v) is 3.95. The summed E-state index contributed by atoms with van der Waals surface area (Å²) in [5.74, 6) is -3.00. The van der Waals surface area contributed by atoms with Crippen LogP contribution in [0.15, 0.2) is 11.0 Å². The Bertz CT molecular complexity index is 899. The summed E-state index contributed by atoms with van der Waals surface area (Å²) >= 11 is 0. The van der Waals surface area contributed by atoms with Crippen LogP contribution < -0.4 is 11.0 Å². The van der Waals surface area contributed by atoms with Gasteiger partial charge in [0.05, 0.1) is 6.61 Å². The lowest BCUT2D eigenvalue weighted by Gasteiger charge is -2.24. The molecule has 1 aromatic heterocycles. The lowest BCUT2D eigenvalue weighted by Crippen LogP contribution is -2.43. The maximum atomic E-state index is 12.2. The first-order valence-corrected chi connectivity index (χ1v) is 9.29. The largest absolute Gasteiger partial charge is 0.463 e. The van der Waals surface area contributed by atoms with E-state index in [1.807, 2.05) is 0 Å². The van der Waals surface area contributed by atoms with E-state index in [2.05, 4.69) is 15.3 Å². The average molecular weight is 441 g/mol. The zero-order valence-corrected chi connectivity index (χ0v) is 17.3. The van der Waals surface area contributed by atoms with Crippen molar-refractivity contribution in [3.63, 3.8) is 0 Å². The van der Waals surface area contributed by atoms with Gasteiger partial charge in [0.25, 0.3) is 0 Å². The molecule has 0 aliphatic carbocycles. The molecule has 0 radical (unpaired) electrons. The highest BCUT2D eigenvalue weighted by Gasteiger charge is 2.50. The van der Waals surface area contributed by atoms with Crippen LogP contribution in [0.4, 0.5) is 5.82 Å². The highest BCUT2D eigenvalue weighted by Crippen LogP contribution is 2.29. The van der Waals surface area contributed by atoms with Crippen molar-refractivity contribution in [1.29, 1.82) is 0 Å². The first-order valence-electron chi connectivity index (χ1n) is 9.29. The van der Waals surface area contributed by atoms with Gasteiger partial charge in [-0.15, -0.1) is 0 Å². The molecule has 1 aliphatic rings. The molecule has 0 amide bonds. The number of H-pyrrole nitrogens is 1. The molecule has 1 aromatic rings. The number of nitrogens with zero attached hydrogens (tertiary/aromatic N) is 1. The molecule has 0 aromatic carbocycles. The molecular weight excluding hydrogens is 418 g/mol. The molecule has 2 heterocycles. The molecule has 4 atom stereocenters. The van der Waals surface area contributed by atoms with E-state index in [0.717, 1.165) is 20.0 Å². The fourth-order valence-electron chi connectivity index (χ4n) is 2.84. The predicted octanol–water partition coefficient (Wildman–Crippen LogP) is -0.490. The van der Waals surface area contributed by atoms with Gasteiger partial charge in [0, 0.05) is 27.0 Å². The average Bonchev–Trinajstić information content (AvgIpc) is 2.95. The highest BCUT2D eigenvalue weighted by molar-refractivity contribution is 5.94. The van der Waals surface area contributed by atoms with Gasteiger partial charge < -0.3 is 34.0 Å². The van der Waals surface area contributed by atoms with E-state index >= 15 is 0 Å². The van der Waals surface area contributed by atoms with Crippen LogP contribution in [0.2, 0.25) is 0 Å². The molecule has 170 valence electrons. The number of ether oxygens (including phenoxy) is 5. The Labute approximate surface area is 176 Å². The van der Waals surface area contributed by atoms with Crippen LogP contribution in [0.5, 0.6) is 0 Å². The van der Waals surface area contributed by atoms with Gasteiger partial charge in [0.15, 0.2) is 18.4 Å². The van der Waals surface area contributed by atoms with Crippen molar-refractivity contribution in [2.45, 2.75) is 52.2 Å². The second-order valence-corrected chi connectivity index (χ2v) is 6.38. The van der Waals surface area contributed by atoms with Crippen molar-refractivity contribution in [2.24, 2.45) is 0 Å². The van der Waals surface area contributed by atoms with Crippen LogP contribution in [0.3, 0.4) is 0 Å². The Morgan fingerprint density at radius 3 is 2.29 bits per heavy atom. The number of aromatic nitrogens is 2. The van der Waals surface area contributed by atoms with Gasteiger partial charge in [0.1, 0.15) is 24.1 Å². The molecule has 2 rings (SSSR count). The van der Waals surface area contributed by atoms with Gasteiger partial charge >= 0.3 is 29.6 Å². The van der Waals surface area contributed by atoms with Gasteiger partial charge in [-0.2, -0.15) is 4.98 Å². The quantitative estimate of drug-likeness (QED) is 0.392. The van der Waals surface area contributed by atoms with Crippen LogP contribution >= 0.6 is 0 Å². The number of carbonyl (C=O) groups excluding carboxylic acids is 4. The lowest BCUT2D eigenvalue weighted by molar-refractivity contribution is -0.165. The smallest absolute Gasteiger partial charge is 0.346 e. The summed E-state index contributed by atoms with van der Waals surface area (Å²) in [5.41, 5.74) is -0.885. The van der Waals surface area contributed by atoms with Crippen LogP contribution in [-0.4, -0.2) is 71.6 Å². The van der Waals surface area contributed by atoms with Crippen LogP contribution in [0, 0.1) is 0 Å². The molecule has 0 saturated carbocycles. The normalized spacial score (nSPS) is 22.3. The van der Waals surface area contributed by atoms with E-state index in [1.165, 1.54) is 6.92 Å². The number of rotatable bonds is 8. The first kappa shape index (κ1) is 23.8. The van der Waals surface area contributed by atoms with E-state index < -0.39 is 54.1 Å². The van der Waals surface area contributed by atoms with E-state index in [-0.39, 0.29) is 24.6 Å². The zero-order chi connectivity index (χ0) is 23.1. The molecule has 31 heavy (non-hydrogen) atoms. The summed E-state index contributed by atoms with van der Waals surface area (Å²) in [6.07, 6.45) is -3.48. The van der Waals surface area contributed by atoms with Gasteiger partial charge in [0.2, 0.25) is 0 Å². The summed E-state index contributed by atoms with van der Waals surface area (Å²) < 4.78 is 26.1. The van der Waals surface area contributed by atoms with E-state index in [0.29, 0.717) is 0 Å². The number of esters is 4. The summed E-state index contributed by atoms with van der Waals surface area (Å²) in [7, 11) is 0. The standard InChI is InChI=1S/C18H23N3O10/c1-5-27-17(25)11-6-19-18(26)21-15(11)20-16-14(30-10(4)24)13(29-9(3)23)12(31-16)7-28-8(2)22/h6,12-14,16H,5,7H2,1-4H3,(H2,19,20,21,26)/t12-,13+,14-,16-/m1/s1. The first-order chi connectivity index (χ1) is 14.6. The fraction of sp³-hybridized carbons (Fsp3) is 0.556. The second-order valence-electron chi connectivity index (χ2n) is 6.38. The molecule has 2 N–H and O–H groups in total. The van der Waals surface area contributed by atoms with Gasteiger partial charge in [-0.05, 0) is 6.92 Å². The van der Waals surface area contributed by atoms with E-state index in [9.17, 15) is 24.0 Å². The van der Waals surface area contributed by atoms with Gasteiger partial charge in [-0.1, -0.05) is 0 Å². The second kappa shape index (κ2) is 10.5. The highest BCUT2D eigenvalue weighted by atomic mass is 16.7. The molecule has 1 fully saturated rings. The van der Waals surface area contributed by atoms with Crippen molar-refractivity contribution < 1.29 is 42.9 Å². The Kier molecular flexibility index (Phi) is 8.07. The molecule has 0 spiro atoms. The minimum atomic E-state index is -1.21. The van der Waals surface area contributed by atoms with Crippen molar-refractivity contribution in [3.05, 3.63) is 22.2 Å². The maximum Gasteiger partial charge on any atom is 0.346 e. The molecule has 13 heteroatoms. The Morgan fingerprint density at radius 1 is 1.06 bits per heavy atom. The SMILES string of the molecule is CCOC(=O)c1c[nH]c(=O)nc1N[C@@H]1O[C@H](COC(C)=O)[C@H](OC(C)=O)[C@H]1OC(C)=O. The third-order valence-electron chi connectivity index (χ3n) is 3.95. The Hall–Kier alpha value is -3.48. The van der Waals surface area contributed by atoms with E-state index in [1.54, 1.807) is 6.92 Å². The molecule has 0 unspecified atom stereocenters. The van der Waals surface area contributed by atoms with Gasteiger partial charge in [-0.3, -0.25) is 14.4 Å². The number of aromatic amines is 1. The minimum Gasteiger partial charge on any atom is -0.463 e. The van der Waals surface area contributed by atoms with Crippen molar-refractivity contribution >= 4 is 29.7 Å². The monoisotopic (exact) mass is 441 g/mol. The third kappa shape index (κ3) is 6.50. The number of hydrogen-bond acceptors (Lipinski definition) is 12. The van der Waals surface area contributed by atoms with Crippen molar-refractivity contribution in [3.8, 4) is 0 Å². The summed E-state index contributed by atoms with van der Waals surface area (Å²) in [6, 6.07) is 0. The molecule has 1 aliphatic heterocycles. The fourth-order valence-corrected chi connectivity index (χ4v) is 2.84. The number of anilines is 1. The summed E-state index contributed by atoms with van der Waals surface area (Å²) in [4.78, 5) is 64.3. The molecular formula is C18H23N3O10. The minimum absolute atomic E-state index is 0.0758. The lowest BCUT2D eigenvalue weighted by atomic mass is 10.1. The van der Waals surface area contributed by atoms with Gasteiger partial charge in [-0.25, -0.2) is 9.59 Å². The summed E-state index contributed by atoms with van der Waals surface area (Å²) in [6.45, 7) is 4.83. The van der Waals surface area contributed by atoms with Crippen molar-refractivity contribution in [1.82, 2.24) is 9.97 Å². The van der Waals surface area contributed by atoms with Crippen LogP contribution in [0.25, 0.3) is 0 Å². The number of nitrogens with one attached hydrogen (secondary N) is 2. The molecule has 1 saturated heterocycles. The Morgan fingerprint density at radius 2 is 1.71 bits per heavy atom. The number of hydrogen-bond donors (Lipinski definition) is 2. The maximum absolute atomic E-state index is 12.2. The number of carbonyl (C=O) groups is 4. The predicted molar refractivity (Wildman–Crippen MR) is 101 cm³/mol. The van der Waals surface area contributed by atoms with Crippen molar-refractivity contribution in [2.75, 3.05) is 18.5 Å². The molecule has 0 bridgehead atoms. The van der Waals surface area contributed by atoms with Crippen LogP contribution in [0.1, 0.15) is 38.1 Å². The summed E-state index contributed by atoms with van der Waals surface area (Å²) in [5, 5.41) is 2.70. The van der Waals surface area contributed by atoms with E-state index in [4.69, 9.17) is 23.7 Å². The Balaban J connectivity index is 2.38. The zero-order valence-electron chi connectivity index (χ0n) is 17.3. The molecule has 13 nitrogen and oxygen atoms in total. The van der Waals surface area contributed by atoms with Crippen LogP contribution in [-0.2, 0) is 38.1 Å². The topological polar surface area (TPSA) is 172 Å².